The van der Waals surface area contributed by atoms with Gasteiger partial charge in [0.05, 0.1) is 49.1 Å². The molecule has 400 valence electrons. The van der Waals surface area contributed by atoms with Crippen molar-refractivity contribution >= 4 is 139 Å². The van der Waals surface area contributed by atoms with Crippen molar-refractivity contribution in [2.24, 2.45) is 0 Å². The number of nitrogen functional groups attached to an aromatic ring is 2. The molecule has 20 nitrogen and oxygen atoms in total. The van der Waals surface area contributed by atoms with E-state index in [0.29, 0.717) is 62.4 Å². The van der Waals surface area contributed by atoms with Crippen LogP contribution in [0.15, 0.2) is 155 Å². The van der Waals surface area contributed by atoms with E-state index in [4.69, 9.17) is 51.3 Å². The number of allylic oxidation sites excluding steroid dienone is 4. The molecule has 8 bridgehead atoms. The van der Waals surface area contributed by atoms with E-state index in [1.165, 1.54) is 5.39 Å². The van der Waals surface area contributed by atoms with Crippen LogP contribution in [-0.2, 0) is 50.7 Å². The molecule has 0 fully saturated rings. The standard InChI is InChI=1S/C46H32N10O9S4.C10H9N.Zn/c1-45(66-58)15-11-28-29(12-16-45)42-53-41(28)51-39-26-9-5-3-7-24(26)37(49-39)48-38-25-8-4-6-10-27(25)40(50-38)52-43-30-13-17-46(2,18-14-31(30)44(54-42)55-43)67(59)56-32-21-23(68(60,61)62)19-22-20-33(69(63,64)65)35(47)36(57)34(22)32;11-10-7-3-5-8-4-1-2-6-9(8)10;/h3-21H,1-2H3,(H7-2,47,48,49,50,51,52,53,54,55,56,57,58,60,61,62,63,64,65);1-7H,11H2;/q-2;;+2. The van der Waals surface area contributed by atoms with Gasteiger partial charge in [-0.1, -0.05) is 134 Å². The number of hydrogen-bond acceptors (Lipinski definition) is 16. The Morgan fingerprint density at radius 2 is 1.10 bits per heavy atom. The number of phenolic OH excluding ortho intramolecular Hbond substituents is 1. The van der Waals surface area contributed by atoms with Crippen LogP contribution < -0.4 is 26.2 Å². The summed E-state index contributed by atoms with van der Waals surface area (Å²) in [6.45, 7) is 3.44. The Balaban J connectivity index is 0.000000512. The minimum absolute atomic E-state index is 0. The zero-order valence-electron chi connectivity index (χ0n) is 42.4. The number of aromatic hydroxyl groups is 1. The summed E-state index contributed by atoms with van der Waals surface area (Å²) < 4.78 is 94.4. The van der Waals surface area contributed by atoms with Gasteiger partial charge in [-0.25, -0.2) is 14.2 Å². The number of benzene rings is 6. The predicted molar refractivity (Wildman–Crippen MR) is 312 cm³/mol. The first-order valence-corrected chi connectivity index (χ1v) is 28.9. The van der Waals surface area contributed by atoms with Crippen LogP contribution in [0.3, 0.4) is 0 Å². The van der Waals surface area contributed by atoms with E-state index < -0.39 is 61.9 Å². The molecule has 3 aromatic heterocycles. The molecule has 0 spiro atoms. The minimum Gasteiger partial charge on any atom is -0.505 e. The average molecular weight is 1210 g/mol. The zero-order chi connectivity index (χ0) is 56.0. The summed E-state index contributed by atoms with van der Waals surface area (Å²) >= 11 is 0.656. The van der Waals surface area contributed by atoms with Crippen LogP contribution >= 0.6 is 12.0 Å². The van der Waals surface area contributed by atoms with Crippen molar-refractivity contribution in [1.29, 1.82) is 0 Å². The number of anilines is 3. The fourth-order valence-electron chi connectivity index (χ4n) is 9.53. The quantitative estimate of drug-likeness (QED) is 0.0268. The maximum Gasteiger partial charge on any atom is 2.00 e. The van der Waals surface area contributed by atoms with Crippen LogP contribution in [0.1, 0.15) is 36.6 Å². The van der Waals surface area contributed by atoms with Crippen molar-refractivity contribution in [3.8, 4) is 28.5 Å². The van der Waals surface area contributed by atoms with Crippen LogP contribution in [-0.4, -0.2) is 79.2 Å². The van der Waals surface area contributed by atoms with Crippen LogP contribution in [0.25, 0.3) is 101 Å². The van der Waals surface area contributed by atoms with E-state index in [1.807, 2.05) is 104 Å². The SMILES string of the molecule is CC1(SO)C=Cc2c(c3nc4nc(nc5[n-]c(nc6nc(nc2[n-]3)C2=C6C=CC(C)(S(=O)Nc3cc(S(=O)(=O)O)cc6cc(S(=O)(=O)O)c(N)c(O)c36)C=C2)c2ccccc52)-c2ccccc2-4)C=C1.Nc1cccc2ccccc12.[Zn+2]. The molecule has 0 amide bonds. The molecule has 0 radical (unpaired) electrons. The first-order chi connectivity index (χ1) is 38.2. The molecule has 0 saturated heterocycles. The Bertz CT molecular complexity index is 4810. The summed E-state index contributed by atoms with van der Waals surface area (Å²) in [5, 5.41) is 14.3. The Kier molecular flexibility index (Phi) is 13.8. The number of rotatable bonds is 6. The molecule has 13 rings (SSSR count). The molecule has 6 aromatic carbocycles. The second-order valence-corrected chi connectivity index (χ2v) is 24.6. The van der Waals surface area contributed by atoms with E-state index in [0.717, 1.165) is 40.4 Å². The molecule has 5 heterocycles. The van der Waals surface area contributed by atoms with Gasteiger partial charge in [0, 0.05) is 73.4 Å². The molecular formula is C56H41N11O9S4Zn. The zero-order valence-corrected chi connectivity index (χ0v) is 48.6. The van der Waals surface area contributed by atoms with Gasteiger partial charge < -0.3 is 55.8 Å². The number of nitrogens with one attached hydrogen (secondary N) is 1. The van der Waals surface area contributed by atoms with Crippen molar-refractivity contribution in [2.45, 2.75) is 33.1 Å². The molecule has 9 aromatic rings. The summed E-state index contributed by atoms with van der Waals surface area (Å²) in [7, 11) is -12.3. The molecule has 0 saturated carbocycles. The fourth-order valence-corrected chi connectivity index (χ4v) is 11.9. The van der Waals surface area contributed by atoms with Gasteiger partial charge in [0.25, 0.3) is 20.2 Å². The van der Waals surface area contributed by atoms with Gasteiger partial charge in [0.2, 0.25) is 0 Å². The van der Waals surface area contributed by atoms with Crippen molar-refractivity contribution in [2.75, 3.05) is 16.2 Å². The smallest absolute Gasteiger partial charge is 0.505 e. The number of aromatic nitrogens is 8. The third-order valence-electron chi connectivity index (χ3n) is 13.8. The van der Waals surface area contributed by atoms with Gasteiger partial charge in [-0.2, -0.15) is 16.8 Å². The fraction of sp³-hybridized carbons (Fsp3) is 0.0714. The Labute approximate surface area is 480 Å². The van der Waals surface area contributed by atoms with Gasteiger partial charge in [0.1, 0.15) is 21.6 Å². The number of phenols is 1. The molecule has 3 atom stereocenters. The number of nitrogens with zero attached hydrogens (tertiary/aromatic N) is 8. The Hall–Kier alpha value is -8.26. The minimum atomic E-state index is -5.02. The third kappa shape index (κ3) is 9.90. The van der Waals surface area contributed by atoms with E-state index in [2.05, 4.69) is 16.9 Å². The normalized spacial score (nSPS) is 17.6. The average Bonchev–Trinajstić information content (AvgIpc) is 4.07. The van der Waals surface area contributed by atoms with E-state index in [-0.39, 0.29) is 64.5 Å². The van der Waals surface area contributed by atoms with Crippen LogP contribution in [0.5, 0.6) is 5.75 Å². The monoisotopic (exact) mass is 1200 g/mol. The largest absolute Gasteiger partial charge is 2.00 e. The summed E-state index contributed by atoms with van der Waals surface area (Å²) in [6.07, 6.45) is 13.8. The summed E-state index contributed by atoms with van der Waals surface area (Å²) in [5.41, 5.74) is 16.1. The van der Waals surface area contributed by atoms with Crippen molar-refractivity contribution in [3.05, 3.63) is 168 Å². The van der Waals surface area contributed by atoms with Crippen LogP contribution in [0.2, 0.25) is 0 Å². The van der Waals surface area contributed by atoms with Gasteiger partial charge in [-0.3, -0.25) is 9.11 Å². The van der Waals surface area contributed by atoms with Gasteiger partial charge >= 0.3 is 19.5 Å². The molecule has 25 heteroatoms. The van der Waals surface area contributed by atoms with Gasteiger partial charge in [0.15, 0.2) is 0 Å². The number of nitrogens with two attached hydrogens (primary N) is 2. The third-order valence-corrected chi connectivity index (χ3v) is 17.6. The predicted octanol–water partition coefficient (Wildman–Crippen LogP) is 9.57. The molecule has 9 N–H and O–H groups in total. The van der Waals surface area contributed by atoms with Crippen molar-refractivity contribution in [1.82, 2.24) is 39.9 Å². The van der Waals surface area contributed by atoms with Crippen LogP contribution in [0.4, 0.5) is 17.1 Å². The number of fused-ring (bicyclic) bond motifs is 21. The molecule has 2 aliphatic heterocycles. The Morgan fingerprint density at radius 3 is 1.67 bits per heavy atom. The second kappa shape index (κ2) is 20.4. The van der Waals surface area contributed by atoms with Gasteiger partial charge in [-0.15, -0.1) is 0 Å². The Morgan fingerprint density at radius 1 is 0.593 bits per heavy atom. The van der Waals surface area contributed by atoms with Crippen LogP contribution in [0, 0.1) is 0 Å². The first-order valence-electron chi connectivity index (χ1n) is 24.1. The summed E-state index contributed by atoms with van der Waals surface area (Å²) in [5.74, 6) is 0.208. The van der Waals surface area contributed by atoms with E-state index in [1.54, 1.807) is 37.3 Å². The maximum absolute atomic E-state index is 14.6. The van der Waals surface area contributed by atoms with E-state index >= 15 is 0 Å². The second-order valence-electron chi connectivity index (χ2n) is 19.1. The van der Waals surface area contributed by atoms with E-state index in [9.17, 15) is 39.8 Å². The first kappa shape index (κ1) is 54.7. The molecule has 4 aliphatic rings. The van der Waals surface area contributed by atoms with Gasteiger partial charge in [-0.05, 0) is 70.8 Å². The summed E-state index contributed by atoms with van der Waals surface area (Å²) in [6, 6.07) is 31.6. The number of hydrogen-bond donors (Lipinski definition) is 7. The topological polar surface area (TPSA) is 336 Å². The molecule has 81 heavy (non-hydrogen) atoms. The maximum atomic E-state index is 14.6. The molecular weight excluding hydrogens is 1160 g/mol. The summed E-state index contributed by atoms with van der Waals surface area (Å²) in [4.78, 5) is 38.0. The molecule has 2 aliphatic carbocycles. The van der Waals surface area contributed by atoms with Crippen molar-refractivity contribution < 1.29 is 59.3 Å². The molecule has 3 unspecified atom stereocenters. The van der Waals surface area contributed by atoms with Crippen molar-refractivity contribution in [3.63, 3.8) is 0 Å².